The number of fused-ring (bicyclic) bond motifs is 1. The summed E-state index contributed by atoms with van der Waals surface area (Å²) < 4.78 is 39.1. The molecule has 1 aromatic carbocycles. The van der Waals surface area contributed by atoms with Gasteiger partial charge in [-0.05, 0) is 12.5 Å². The van der Waals surface area contributed by atoms with Crippen LogP contribution in [0.2, 0.25) is 0 Å². The first-order valence-electron chi connectivity index (χ1n) is 7.92. The summed E-state index contributed by atoms with van der Waals surface area (Å²) in [6.07, 6.45) is 1.27. The number of benzene rings is 1. The van der Waals surface area contributed by atoms with Crippen LogP contribution in [-0.2, 0) is 10.3 Å². The number of nitriles is 1. The average molecular weight is 376 g/mol. The van der Waals surface area contributed by atoms with E-state index in [-0.39, 0.29) is 23.8 Å². The predicted molar refractivity (Wildman–Crippen MR) is 90.1 cm³/mol. The first kappa shape index (κ1) is 17.0. The van der Waals surface area contributed by atoms with Crippen LogP contribution in [0.15, 0.2) is 33.9 Å². The van der Waals surface area contributed by atoms with Crippen LogP contribution >= 0.6 is 11.8 Å². The van der Waals surface area contributed by atoms with Gasteiger partial charge in [-0.2, -0.15) is 5.26 Å². The molecule has 2 aromatic rings. The van der Waals surface area contributed by atoms with Crippen molar-refractivity contribution in [2.75, 3.05) is 12.4 Å². The second kappa shape index (κ2) is 6.37. The first-order chi connectivity index (χ1) is 12.5. The fourth-order valence-corrected chi connectivity index (χ4v) is 4.48. The molecular formula is C17H14F2N4O2S. The van der Waals surface area contributed by atoms with Crippen LogP contribution in [0.1, 0.15) is 29.7 Å². The number of ether oxygens (including phenoxy) is 1. The lowest BCUT2D eigenvalue weighted by Gasteiger charge is -2.45. The van der Waals surface area contributed by atoms with Crippen LogP contribution in [0, 0.1) is 28.9 Å². The summed E-state index contributed by atoms with van der Waals surface area (Å²) in [6.45, 7) is 0.0520. The number of nitrogens with zero attached hydrogens (tertiary/aromatic N) is 3. The maximum atomic E-state index is 14.5. The molecular weight excluding hydrogens is 362 g/mol. The molecule has 0 saturated carbocycles. The molecule has 1 saturated heterocycles. The van der Waals surface area contributed by atoms with Crippen LogP contribution in [-0.4, -0.2) is 22.5 Å². The van der Waals surface area contributed by atoms with Gasteiger partial charge in [0.05, 0.1) is 6.61 Å². The Bertz CT molecular complexity index is 926. The summed E-state index contributed by atoms with van der Waals surface area (Å²) in [6, 6.07) is 5.35. The fraction of sp³-hybridized carbons (Fsp3) is 0.353. The highest BCUT2D eigenvalue weighted by atomic mass is 32.2. The van der Waals surface area contributed by atoms with Crippen molar-refractivity contribution in [2.24, 2.45) is 16.6 Å². The number of rotatable bonds is 2. The van der Waals surface area contributed by atoms with E-state index in [4.69, 9.17) is 20.1 Å². The maximum Gasteiger partial charge on any atom is 0.224 e. The van der Waals surface area contributed by atoms with Crippen molar-refractivity contribution in [1.82, 2.24) is 4.98 Å². The Morgan fingerprint density at radius 1 is 1.38 bits per heavy atom. The number of nitrogens with two attached hydrogens (primary N) is 1. The van der Waals surface area contributed by atoms with Crippen LogP contribution in [0.3, 0.4) is 0 Å². The normalized spacial score (nSPS) is 28.1. The van der Waals surface area contributed by atoms with E-state index in [9.17, 15) is 8.78 Å². The Balaban J connectivity index is 1.71. The number of oxazole rings is 1. The fourth-order valence-electron chi connectivity index (χ4n) is 3.47. The number of aromatic nitrogens is 1. The molecule has 3 heterocycles. The van der Waals surface area contributed by atoms with Gasteiger partial charge in [0.25, 0.3) is 0 Å². The first-order valence-corrected chi connectivity index (χ1v) is 8.91. The highest BCUT2D eigenvalue weighted by molar-refractivity contribution is 8.13. The Morgan fingerprint density at radius 2 is 2.23 bits per heavy atom. The molecule has 3 atom stereocenters. The summed E-state index contributed by atoms with van der Waals surface area (Å²) >= 11 is 1.39. The second-order valence-electron chi connectivity index (χ2n) is 6.22. The number of aliphatic imine (C=N–C) groups is 1. The molecule has 2 N–H and O–H groups in total. The van der Waals surface area contributed by atoms with Gasteiger partial charge in [0.1, 0.15) is 35.6 Å². The molecule has 1 fully saturated rings. The lowest BCUT2D eigenvalue weighted by atomic mass is 9.75. The van der Waals surface area contributed by atoms with Gasteiger partial charge in [-0.3, -0.25) is 0 Å². The number of halogens is 2. The van der Waals surface area contributed by atoms with Crippen molar-refractivity contribution >= 4 is 16.9 Å². The minimum absolute atomic E-state index is 0.0520. The van der Waals surface area contributed by atoms with Gasteiger partial charge >= 0.3 is 0 Å². The molecule has 1 aromatic heterocycles. The van der Waals surface area contributed by atoms with Gasteiger partial charge in [-0.1, -0.05) is 17.8 Å². The standard InChI is InChI=1S/C17H14F2N4O2S/c18-10-1-2-12(13(19)4-10)17-8-25-14(15-22-11(5-20)6-24-15)3-9(17)7-26-16(21)23-17/h1-2,4,6,9,14H,3,7-8H2,(H2,21,23)/t9-,14+,17-/m0/s1. The van der Waals surface area contributed by atoms with E-state index >= 15 is 0 Å². The minimum atomic E-state index is -1.02. The van der Waals surface area contributed by atoms with E-state index in [1.54, 1.807) is 0 Å². The zero-order chi connectivity index (χ0) is 18.3. The monoisotopic (exact) mass is 376 g/mol. The van der Waals surface area contributed by atoms with E-state index in [0.717, 1.165) is 6.07 Å². The predicted octanol–water partition coefficient (Wildman–Crippen LogP) is 2.86. The second-order valence-corrected chi connectivity index (χ2v) is 7.26. The largest absolute Gasteiger partial charge is 0.445 e. The quantitative estimate of drug-likeness (QED) is 0.866. The van der Waals surface area contributed by atoms with Crippen molar-refractivity contribution in [1.29, 1.82) is 5.26 Å². The Kier molecular flexibility index (Phi) is 4.17. The topological polar surface area (TPSA) is 97.4 Å². The molecule has 2 aliphatic rings. The van der Waals surface area contributed by atoms with E-state index in [2.05, 4.69) is 9.98 Å². The van der Waals surface area contributed by atoms with Gasteiger partial charge in [0.15, 0.2) is 10.9 Å². The molecule has 0 aliphatic carbocycles. The van der Waals surface area contributed by atoms with Crippen molar-refractivity contribution in [3.05, 3.63) is 53.2 Å². The van der Waals surface area contributed by atoms with Crippen molar-refractivity contribution in [3.8, 4) is 6.07 Å². The van der Waals surface area contributed by atoms with Gasteiger partial charge in [0, 0.05) is 23.3 Å². The molecule has 9 heteroatoms. The van der Waals surface area contributed by atoms with Crippen LogP contribution in [0.5, 0.6) is 0 Å². The lowest BCUT2D eigenvalue weighted by Crippen LogP contribution is -2.48. The third-order valence-corrected chi connectivity index (χ3v) is 5.69. The van der Waals surface area contributed by atoms with Crippen LogP contribution in [0.25, 0.3) is 0 Å². The summed E-state index contributed by atoms with van der Waals surface area (Å²) in [5.41, 5.74) is 5.32. The Morgan fingerprint density at radius 3 is 2.96 bits per heavy atom. The molecule has 0 bridgehead atoms. The number of amidine groups is 1. The van der Waals surface area contributed by atoms with Gasteiger partial charge in [0.2, 0.25) is 5.89 Å². The Labute approximate surface area is 152 Å². The highest BCUT2D eigenvalue weighted by Gasteiger charge is 2.50. The molecule has 2 aliphatic heterocycles. The van der Waals surface area contributed by atoms with E-state index in [1.165, 1.54) is 30.2 Å². The van der Waals surface area contributed by atoms with E-state index < -0.39 is 23.3 Å². The molecule has 4 rings (SSSR count). The van der Waals surface area contributed by atoms with Gasteiger partial charge in [-0.15, -0.1) is 0 Å². The van der Waals surface area contributed by atoms with Crippen LogP contribution in [0.4, 0.5) is 8.78 Å². The molecule has 26 heavy (non-hydrogen) atoms. The Hall–Kier alpha value is -2.44. The third kappa shape index (κ3) is 2.75. The molecule has 0 unspecified atom stereocenters. The smallest absolute Gasteiger partial charge is 0.224 e. The van der Waals surface area contributed by atoms with Crippen LogP contribution < -0.4 is 5.73 Å². The molecule has 0 amide bonds. The molecule has 0 spiro atoms. The van der Waals surface area contributed by atoms with Crippen molar-refractivity contribution < 1.29 is 17.9 Å². The van der Waals surface area contributed by atoms with E-state index in [0.29, 0.717) is 23.2 Å². The van der Waals surface area contributed by atoms with Gasteiger partial charge in [-0.25, -0.2) is 18.8 Å². The summed E-state index contributed by atoms with van der Waals surface area (Å²) in [5, 5.41) is 9.23. The van der Waals surface area contributed by atoms with Crippen molar-refractivity contribution in [2.45, 2.75) is 18.1 Å². The number of hydrogen-bond acceptors (Lipinski definition) is 7. The average Bonchev–Trinajstić information content (AvgIpc) is 3.10. The molecule has 134 valence electrons. The lowest BCUT2D eigenvalue weighted by molar-refractivity contribution is -0.0697. The SMILES string of the molecule is N#Cc1coc([C@H]2C[C@H]3CSC(N)=N[C@@]3(c3ccc(F)cc3F)CO2)n1. The third-order valence-electron chi connectivity index (χ3n) is 4.73. The maximum absolute atomic E-state index is 14.5. The molecule has 6 nitrogen and oxygen atoms in total. The summed E-state index contributed by atoms with van der Waals surface area (Å²) in [4.78, 5) is 8.60. The van der Waals surface area contributed by atoms with Gasteiger partial charge < -0.3 is 14.9 Å². The molecule has 0 radical (unpaired) electrons. The minimum Gasteiger partial charge on any atom is -0.445 e. The summed E-state index contributed by atoms with van der Waals surface area (Å²) in [5.74, 6) is -0.529. The zero-order valence-corrected chi connectivity index (χ0v) is 14.3. The van der Waals surface area contributed by atoms with Crippen molar-refractivity contribution in [3.63, 3.8) is 0 Å². The zero-order valence-electron chi connectivity index (χ0n) is 13.5. The summed E-state index contributed by atoms with van der Waals surface area (Å²) in [7, 11) is 0. The number of thioether (sulfide) groups is 1. The highest BCUT2D eigenvalue weighted by Crippen LogP contribution is 2.49. The van der Waals surface area contributed by atoms with E-state index in [1.807, 2.05) is 6.07 Å². The number of hydrogen-bond donors (Lipinski definition) is 1.